The van der Waals surface area contributed by atoms with E-state index >= 15 is 0 Å². The zero-order valence-corrected chi connectivity index (χ0v) is 19.9. The van der Waals surface area contributed by atoms with Gasteiger partial charge in [0.1, 0.15) is 17.4 Å². The quantitative estimate of drug-likeness (QED) is 0.268. The smallest absolute Gasteiger partial charge is 0.408 e. The van der Waals surface area contributed by atoms with Crippen LogP contribution in [0.4, 0.5) is 4.79 Å². The van der Waals surface area contributed by atoms with Crippen LogP contribution in [0.25, 0.3) is 21.9 Å². The molecule has 0 bridgehead atoms. The Hall–Kier alpha value is -4.52. The van der Waals surface area contributed by atoms with Crippen molar-refractivity contribution >= 4 is 33.9 Å². The Labute approximate surface area is 208 Å². The summed E-state index contributed by atoms with van der Waals surface area (Å²) in [5.41, 5.74) is 3.60. The minimum Gasteiger partial charge on any atom is -0.457 e. The third kappa shape index (κ3) is 5.25. The highest BCUT2D eigenvalue weighted by molar-refractivity contribution is 5.88. The molecule has 0 unspecified atom stereocenters. The van der Waals surface area contributed by atoms with E-state index in [1.165, 1.54) is 0 Å². The van der Waals surface area contributed by atoms with Crippen molar-refractivity contribution < 1.29 is 18.7 Å². The summed E-state index contributed by atoms with van der Waals surface area (Å²) in [7, 11) is 0. The summed E-state index contributed by atoms with van der Waals surface area (Å²) in [4.78, 5) is 29.3. The summed E-state index contributed by atoms with van der Waals surface area (Å²) in [6, 6.07) is 25.9. The van der Waals surface area contributed by atoms with Crippen molar-refractivity contribution in [3.63, 3.8) is 0 Å². The molecule has 3 aromatic carbocycles. The number of nitrogens with one attached hydrogen (secondary N) is 3. The number of hydrogen-bond acceptors (Lipinski definition) is 4. The molecule has 3 N–H and O–H groups in total. The van der Waals surface area contributed by atoms with Gasteiger partial charge in [-0.15, -0.1) is 0 Å². The zero-order valence-electron chi connectivity index (χ0n) is 19.9. The maximum atomic E-state index is 13.3. The number of H-pyrrole nitrogens is 1. The summed E-state index contributed by atoms with van der Waals surface area (Å²) < 4.78 is 11.1. The molecule has 7 nitrogen and oxygen atoms in total. The Kier molecular flexibility index (Phi) is 6.71. The molecule has 182 valence electrons. The number of fused-ring (bicyclic) bond motifs is 2. The SMILES string of the molecule is C[C@H](NC(=O)[C@@H](Cc1c[nH]c2ccccc12)NC(=O)OCc1cc2ccccc2o1)c1ccccc1. The van der Waals surface area contributed by atoms with Crippen molar-refractivity contribution in [3.05, 3.63) is 108 Å². The predicted molar refractivity (Wildman–Crippen MR) is 138 cm³/mol. The fourth-order valence-corrected chi connectivity index (χ4v) is 4.30. The van der Waals surface area contributed by atoms with E-state index in [-0.39, 0.29) is 18.6 Å². The lowest BCUT2D eigenvalue weighted by atomic mass is 10.0. The van der Waals surface area contributed by atoms with Crippen LogP contribution in [0.15, 0.2) is 95.5 Å². The van der Waals surface area contributed by atoms with Crippen LogP contribution in [-0.2, 0) is 22.6 Å². The normalized spacial score (nSPS) is 12.8. The van der Waals surface area contributed by atoms with Gasteiger partial charge >= 0.3 is 6.09 Å². The molecule has 0 aliphatic rings. The Morgan fingerprint density at radius 3 is 2.53 bits per heavy atom. The molecule has 0 aliphatic carbocycles. The van der Waals surface area contributed by atoms with E-state index < -0.39 is 12.1 Å². The van der Waals surface area contributed by atoms with Gasteiger partial charge in [-0.1, -0.05) is 66.7 Å². The molecule has 0 spiro atoms. The van der Waals surface area contributed by atoms with Gasteiger partial charge in [-0.05, 0) is 36.2 Å². The summed E-state index contributed by atoms with van der Waals surface area (Å²) in [6.07, 6.45) is 1.48. The van der Waals surface area contributed by atoms with Crippen LogP contribution in [0.2, 0.25) is 0 Å². The molecule has 2 aromatic heterocycles. The number of para-hydroxylation sites is 2. The van der Waals surface area contributed by atoms with Gasteiger partial charge in [0.05, 0.1) is 6.04 Å². The van der Waals surface area contributed by atoms with E-state index in [2.05, 4.69) is 15.6 Å². The molecule has 7 heteroatoms. The van der Waals surface area contributed by atoms with E-state index in [0.29, 0.717) is 12.2 Å². The Balaban J connectivity index is 1.30. The van der Waals surface area contributed by atoms with Gasteiger partial charge in [0.25, 0.3) is 0 Å². The lowest BCUT2D eigenvalue weighted by Gasteiger charge is -2.21. The van der Waals surface area contributed by atoms with Crippen molar-refractivity contribution in [2.45, 2.75) is 32.0 Å². The van der Waals surface area contributed by atoms with E-state index in [0.717, 1.165) is 33.0 Å². The predicted octanol–water partition coefficient (Wildman–Crippen LogP) is 5.63. The number of rotatable bonds is 8. The molecule has 0 radical (unpaired) electrons. The van der Waals surface area contributed by atoms with Crippen molar-refractivity contribution in [2.24, 2.45) is 0 Å². The topological polar surface area (TPSA) is 96.4 Å². The molecule has 0 saturated carbocycles. The van der Waals surface area contributed by atoms with Crippen LogP contribution in [0, 0.1) is 0 Å². The van der Waals surface area contributed by atoms with E-state index in [9.17, 15) is 9.59 Å². The number of aromatic nitrogens is 1. The Morgan fingerprint density at radius 2 is 1.69 bits per heavy atom. The second-order valence-electron chi connectivity index (χ2n) is 8.73. The van der Waals surface area contributed by atoms with Gasteiger partial charge in [0.2, 0.25) is 5.91 Å². The van der Waals surface area contributed by atoms with Crippen LogP contribution >= 0.6 is 0 Å². The first kappa shape index (κ1) is 23.2. The number of aromatic amines is 1. The first-order valence-corrected chi connectivity index (χ1v) is 11.9. The van der Waals surface area contributed by atoms with Crippen LogP contribution in [-0.4, -0.2) is 23.0 Å². The first-order valence-electron chi connectivity index (χ1n) is 11.9. The van der Waals surface area contributed by atoms with Crippen LogP contribution in [0.5, 0.6) is 0 Å². The molecule has 2 amide bonds. The molecular formula is C29H27N3O4. The highest BCUT2D eigenvalue weighted by Gasteiger charge is 2.25. The number of carbonyl (C=O) groups is 2. The fourth-order valence-electron chi connectivity index (χ4n) is 4.30. The second kappa shape index (κ2) is 10.4. The maximum Gasteiger partial charge on any atom is 0.408 e. The highest BCUT2D eigenvalue weighted by atomic mass is 16.6. The summed E-state index contributed by atoms with van der Waals surface area (Å²) in [5.74, 6) is 0.235. The fraction of sp³-hybridized carbons (Fsp3) is 0.172. The minimum atomic E-state index is -0.835. The van der Waals surface area contributed by atoms with E-state index in [1.54, 1.807) is 0 Å². The van der Waals surface area contributed by atoms with Gasteiger partial charge in [0.15, 0.2) is 6.61 Å². The number of hydrogen-bond donors (Lipinski definition) is 3. The van der Waals surface area contributed by atoms with Crippen molar-refractivity contribution in [2.75, 3.05) is 0 Å². The van der Waals surface area contributed by atoms with Gasteiger partial charge in [-0.3, -0.25) is 4.79 Å². The zero-order chi connectivity index (χ0) is 24.9. The first-order chi connectivity index (χ1) is 17.6. The Morgan fingerprint density at radius 1 is 0.944 bits per heavy atom. The average molecular weight is 482 g/mol. The van der Waals surface area contributed by atoms with E-state index in [4.69, 9.17) is 9.15 Å². The molecule has 5 aromatic rings. The number of furan rings is 1. The Bertz CT molecular complexity index is 1460. The summed E-state index contributed by atoms with van der Waals surface area (Å²) >= 11 is 0. The van der Waals surface area contributed by atoms with Gasteiger partial charge in [-0.2, -0.15) is 0 Å². The summed E-state index contributed by atoms with van der Waals surface area (Å²) in [6.45, 7) is 1.87. The van der Waals surface area contributed by atoms with Gasteiger partial charge in [0, 0.05) is 28.9 Å². The lowest BCUT2D eigenvalue weighted by Crippen LogP contribution is -2.48. The molecule has 5 rings (SSSR count). The number of carbonyl (C=O) groups excluding carboxylic acids is 2. The number of amides is 2. The van der Waals surface area contributed by atoms with Crippen molar-refractivity contribution in [1.29, 1.82) is 0 Å². The largest absolute Gasteiger partial charge is 0.457 e. The van der Waals surface area contributed by atoms with E-state index in [1.807, 2.05) is 98.0 Å². The third-order valence-corrected chi connectivity index (χ3v) is 6.19. The molecule has 36 heavy (non-hydrogen) atoms. The van der Waals surface area contributed by atoms with Crippen LogP contribution in [0.1, 0.15) is 29.9 Å². The lowest BCUT2D eigenvalue weighted by molar-refractivity contribution is -0.123. The molecule has 2 atom stereocenters. The second-order valence-corrected chi connectivity index (χ2v) is 8.73. The number of benzene rings is 3. The molecule has 0 fully saturated rings. The third-order valence-electron chi connectivity index (χ3n) is 6.19. The maximum absolute atomic E-state index is 13.3. The monoisotopic (exact) mass is 481 g/mol. The molecule has 2 heterocycles. The molecular weight excluding hydrogens is 454 g/mol. The van der Waals surface area contributed by atoms with Gasteiger partial charge < -0.3 is 24.8 Å². The minimum absolute atomic E-state index is 0.0393. The molecule has 0 saturated heterocycles. The summed E-state index contributed by atoms with van der Waals surface area (Å²) in [5, 5.41) is 7.70. The standard InChI is InChI=1S/C29H27N3O4/c1-19(20-9-3-2-4-10-20)31-28(33)26(16-22-17-30-25-13-7-6-12-24(22)25)32-29(34)35-18-23-15-21-11-5-8-14-27(21)36-23/h2-15,17,19,26,30H,16,18H2,1H3,(H,31,33)(H,32,34)/t19-,26+/m0/s1. The average Bonchev–Trinajstić information content (AvgIpc) is 3.51. The van der Waals surface area contributed by atoms with Crippen LogP contribution < -0.4 is 10.6 Å². The van der Waals surface area contributed by atoms with Crippen LogP contribution in [0.3, 0.4) is 0 Å². The molecule has 0 aliphatic heterocycles. The van der Waals surface area contributed by atoms with Crippen molar-refractivity contribution in [1.82, 2.24) is 15.6 Å². The van der Waals surface area contributed by atoms with Crippen molar-refractivity contribution in [3.8, 4) is 0 Å². The number of ether oxygens (including phenoxy) is 1. The number of alkyl carbamates (subject to hydrolysis) is 1. The van der Waals surface area contributed by atoms with Gasteiger partial charge in [-0.25, -0.2) is 4.79 Å². The highest BCUT2D eigenvalue weighted by Crippen LogP contribution is 2.21.